The number of rotatable bonds is 3. The molecule has 0 saturated heterocycles. The minimum Gasteiger partial charge on any atom is -0.290 e. The highest BCUT2D eigenvalue weighted by Crippen LogP contribution is 2.28. The van der Waals surface area contributed by atoms with Crippen LogP contribution in [0.1, 0.15) is 19.8 Å². The summed E-state index contributed by atoms with van der Waals surface area (Å²) in [5.41, 5.74) is 0.218. The molecular weight excluding hydrogens is 300 g/mol. The zero-order valence-corrected chi connectivity index (χ0v) is 12.2. The fourth-order valence-electron chi connectivity index (χ4n) is 2.09. The summed E-state index contributed by atoms with van der Waals surface area (Å²) < 4.78 is 2.00. The largest absolute Gasteiger partial charge is 0.328 e. The Balaban J connectivity index is 2.47. The quantitative estimate of drug-likeness (QED) is 0.803. The van der Waals surface area contributed by atoms with Crippen molar-refractivity contribution in [2.24, 2.45) is 0 Å². The average Bonchev–Trinajstić information content (AvgIpc) is 2.78. The van der Waals surface area contributed by atoms with Gasteiger partial charge in [-0.3, -0.25) is 14.3 Å². The lowest BCUT2D eigenvalue weighted by Crippen LogP contribution is -2.29. The predicted molar refractivity (Wildman–Crippen MR) is 79.7 cm³/mol. The molecule has 3 aromatic rings. The number of fused-ring (bicyclic) bond motifs is 3. The molecule has 104 valence electrons. The molecule has 0 aliphatic heterocycles. The average molecular weight is 311 g/mol. The van der Waals surface area contributed by atoms with E-state index in [1.165, 1.54) is 17.5 Å². The highest BCUT2D eigenvalue weighted by atomic mass is 35.5. The molecule has 3 aromatic heterocycles. The molecule has 0 radical (unpaired) electrons. The molecule has 1 N–H and O–H groups in total. The second-order valence-corrected chi connectivity index (χ2v) is 5.78. The van der Waals surface area contributed by atoms with Crippen LogP contribution in [-0.2, 0) is 6.54 Å². The van der Waals surface area contributed by atoms with E-state index in [-0.39, 0.29) is 5.15 Å². The zero-order chi connectivity index (χ0) is 14.3. The molecule has 0 unspecified atom stereocenters. The molecule has 3 rings (SSSR count). The van der Waals surface area contributed by atoms with Gasteiger partial charge in [0.15, 0.2) is 0 Å². The normalized spacial score (nSPS) is 11.5. The number of aromatic amines is 1. The third kappa shape index (κ3) is 2.03. The lowest BCUT2D eigenvalue weighted by atomic mass is 10.3. The van der Waals surface area contributed by atoms with Gasteiger partial charge in [0.05, 0.1) is 11.7 Å². The Kier molecular flexibility index (Phi) is 3.31. The Bertz CT molecular complexity index is 911. The van der Waals surface area contributed by atoms with Crippen molar-refractivity contribution in [3.05, 3.63) is 32.2 Å². The van der Waals surface area contributed by atoms with Gasteiger partial charge in [0.1, 0.15) is 20.2 Å². The van der Waals surface area contributed by atoms with Gasteiger partial charge in [0, 0.05) is 6.54 Å². The van der Waals surface area contributed by atoms with Gasteiger partial charge < -0.3 is 0 Å². The van der Waals surface area contributed by atoms with E-state index in [0.29, 0.717) is 27.1 Å². The second-order valence-electron chi connectivity index (χ2n) is 4.39. The first kappa shape index (κ1) is 13.3. The summed E-state index contributed by atoms with van der Waals surface area (Å²) in [6, 6.07) is 0. The number of nitrogens with zero attached hydrogens (tertiary/aromatic N) is 3. The molecule has 6 nitrogen and oxygen atoms in total. The van der Waals surface area contributed by atoms with Crippen molar-refractivity contribution in [1.82, 2.24) is 19.5 Å². The lowest BCUT2D eigenvalue weighted by molar-refractivity contribution is 0.619. The fourth-order valence-corrected chi connectivity index (χ4v) is 3.21. The van der Waals surface area contributed by atoms with Crippen LogP contribution in [0.25, 0.3) is 20.6 Å². The first-order valence-corrected chi connectivity index (χ1v) is 7.39. The van der Waals surface area contributed by atoms with Crippen LogP contribution in [0.2, 0.25) is 5.15 Å². The van der Waals surface area contributed by atoms with E-state index < -0.39 is 11.2 Å². The first-order valence-electron chi connectivity index (χ1n) is 6.19. The molecule has 0 aliphatic rings. The SMILES string of the molecule is CCCCn1c(=O)[nH]c(=O)c2sc3ncc(Cl)nc3c21. The van der Waals surface area contributed by atoms with E-state index in [0.717, 1.165) is 12.8 Å². The molecule has 0 amide bonds. The molecule has 8 heteroatoms. The summed E-state index contributed by atoms with van der Waals surface area (Å²) >= 11 is 7.09. The number of nitrogens with one attached hydrogen (secondary N) is 1. The van der Waals surface area contributed by atoms with E-state index in [1.807, 2.05) is 6.92 Å². The molecule has 0 saturated carbocycles. The van der Waals surface area contributed by atoms with Crippen LogP contribution in [0.5, 0.6) is 0 Å². The highest BCUT2D eigenvalue weighted by Gasteiger charge is 2.16. The summed E-state index contributed by atoms with van der Waals surface area (Å²) in [4.78, 5) is 35.3. The van der Waals surface area contributed by atoms with Gasteiger partial charge in [-0.25, -0.2) is 14.8 Å². The number of hydrogen-bond acceptors (Lipinski definition) is 5. The van der Waals surface area contributed by atoms with E-state index in [2.05, 4.69) is 15.0 Å². The standard InChI is InChI=1S/C12H11ClN4O2S/c1-2-3-4-17-8-7-11(14-5-6(13)15-7)20-9(8)10(18)16-12(17)19/h5H,2-4H2,1H3,(H,16,18,19). The number of hydrogen-bond donors (Lipinski definition) is 1. The summed E-state index contributed by atoms with van der Waals surface area (Å²) in [6.45, 7) is 2.57. The lowest BCUT2D eigenvalue weighted by Gasteiger charge is -2.05. The number of halogens is 1. The van der Waals surface area contributed by atoms with Crippen LogP contribution in [0.4, 0.5) is 0 Å². The summed E-state index contributed by atoms with van der Waals surface area (Å²) in [6.07, 6.45) is 3.22. The van der Waals surface area contributed by atoms with Gasteiger partial charge in [-0.2, -0.15) is 0 Å². The van der Waals surface area contributed by atoms with Crippen molar-refractivity contribution < 1.29 is 0 Å². The molecule has 0 atom stereocenters. The molecule has 0 bridgehead atoms. The van der Waals surface area contributed by atoms with Gasteiger partial charge in [-0.15, -0.1) is 11.3 Å². The molecule has 0 fully saturated rings. The van der Waals surface area contributed by atoms with E-state index in [1.54, 1.807) is 4.57 Å². The predicted octanol–water partition coefficient (Wildman–Crippen LogP) is 2.15. The van der Waals surface area contributed by atoms with Crippen LogP contribution in [0.3, 0.4) is 0 Å². The third-order valence-electron chi connectivity index (χ3n) is 3.02. The second kappa shape index (κ2) is 4.99. The van der Waals surface area contributed by atoms with Crippen molar-refractivity contribution in [2.45, 2.75) is 26.3 Å². The van der Waals surface area contributed by atoms with E-state index in [9.17, 15) is 9.59 Å². The van der Waals surface area contributed by atoms with Gasteiger partial charge in [0.2, 0.25) is 0 Å². The zero-order valence-electron chi connectivity index (χ0n) is 10.6. The van der Waals surface area contributed by atoms with Crippen LogP contribution in [0, 0.1) is 0 Å². The van der Waals surface area contributed by atoms with Crippen molar-refractivity contribution in [1.29, 1.82) is 0 Å². The van der Waals surface area contributed by atoms with Crippen molar-refractivity contribution in [3.63, 3.8) is 0 Å². The molecule has 0 aromatic carbocycles. The van der Waals surface area contributed by atoms with Crippen LogP contribution in [-0.4, -0.2) is 19.5 Å². The number of H-pyrrole nitrogens is 1. The first-order chi connectivity index (χ1) is 9.61. The summed E-state index contributed by atoms with van der Waals surface area (Å²) in [5, 5.41) is 0.243. The number of aryl methyl sites for hydroxylation is 1. The monoisotopic (exact) mass is 310 g/mol. The molecule has 20 heavy (non-hydrogen) atoms. The van der Waals surface area contributed by atoms with Crippen molar-refractivity contribution >= 4 is 43.5 Å². The number of aromatic nitrogens is 4. The summed E-state index contributed by atoms with van der Waals surface area (Å²) in [5.74, 6) is 0. The van der Waals surface area contributed by atoms with Gasteiger partial charge in [0.25, 0.3) is 5.56 Å². The Morgan fingerprint density at radius 2 is 2.25 bits per heavy atom. The van der Waals surface area contributed by atoms with E-state index in [4.69, 9.17) is 11.6 Å². The minimum atomic E-state index is -0.419. The third-order valence-corrected chi connectivity index (χ3v) is 4.28. The number of unbranched alkanes of at least 4 members (excludes halogenated alkanes) is 1. The molecule has 0 aliphatic carbocycles. The summed E-state index contributed by atoms with van der Waals surface area (Å²) in [7, 11) is 0. The maximum absolute atomic E-state index is 12.0. The Labute approximate surface area is 122 Å². The molecular formula is C12H11ClN4O2S. The smallest absolute Gasteiger partial charge is 0.290 e. The van der Waals surface area contributed by atoms with Crippen LogP contribution >= 0.6 is 22.9 Å². The highest BCUT2D eigenvalue weighted by molar-refractivity contribution is 7.25. The van der Waals surface area contributed by atoms with Gasteiger partial charge in [-0.05, 0) is 6.42 Å². The Morgan fingerprint density at radius 1 is 1.45 bits per heavy atom. The van der Waals surface area contributed by atoms with Crippen LogP contribution in [0.15, 0.2) is 15.8 Å². The van der Waals surface area contributed by atoms with Crippen molar-refractivity contribution in [3.8, 4) is 0 Å². The maximum atomic E-state index is 12.0. The van der Waals surface area contributed by atoms with Crippen LogP contribution < -0.4 is 11.2 Å². The molecule has 0 spiro atoms. The van der Waals surface area contributed by atoms with Crippen molar-refractivity contribution in [2.75, 3.05) is 0 Å². The van der Waals surface area contributed by atoms with Gasteiger partial charge >= 0.3 is 5.69 Å². The number of thiophene rings is 1. The molecule has 3 heterocycles. The minimum absolute atomic E-state index is 0.243. The fraction of sp³-hybridized carbons (Fsp3) is 0.333. The van der Waals surface area contributed by atoms with E-state index >= 15 is 0 Å². The Hall–Kier alpha value is -1.73. The van der Waals surface area contributed by atoms with Gasteiger partial charge in [-0.1, -0.05) is 24.9 Å². The Morgan fingerprint density at radius 3 is 3.00 bits per heavy atom. The topological polar surface area (TPSA) is 80.6 Å². The maximum Gasteiger partial charge on any atom is 0.328 e.